The van der Waals surface area contributed by atoms with E-state index >= 15 is 0 Å². The van der Waals surface area contributed by atoms with Gasteiger partial charge in [0.1, 0.15) is 12.3 Å². The Morgan fingerprint density at radius 2 is 2.32 bits per heavy atom. The van der Waals surface area contributed by atoms with Crippen LogP contribution in [0.3, 0.4) is 0 Å². The highest BCUT2D eigenvalue weighted by atomic mass is 79.9. The van der Waals surface area contributed by atoms with Gasteiger partial charge in [0.15, 0.2) is 0 Å². The normalized spacial score (nSPS) is 27.2. The number of rotatable bonds is 3. The summed E-state index contributed by atoms with van der Waals surface area (Å²) in [7, 11) is 0. The zero-order valence-electron chi connectivity index (χ0n) is 9.82. The van der Waals surface area contributed by atoms with E-state index in [0.29, 0.717) is 0 Å². The van der Waals surface area contributed by atoms with Crippen LogP contribution >= 0.6 is 15.9 Å². The first-order valence-corrected chi connectivity index (χ1v) is 6.55. The van der Waals surface area contributed by atoms with Crippen molar-refractivity contribution in [2.45, 2.75) is 24.9 Å². The molecule has 1 saturated heterocycles. The van der Waals surface area contributed by atoms with E-state index < -0.39 is 29.7 Å². The lowest BCUT2D eigenvalue weighted by atomic mass is 10.2. The number of aliphatic hydroxyl groups excluding tert-OH is 2. The molecule has 2 heterocycles. The van der Waals surface area contributed by atoms with E-state index in [1.807, 2.05) is 0 Å². The number of hydrogen-bond acceptors (Lipinski definition) is 5. The number of aromatic nitrogens is 2. The number of H-pyrrole nitrogens is 1. The van der Waals surface area contributed by atoms with Gasteiger partial charge in [-0.3, -0.25) is 14.3 Å². The van der Waals surface area contributed by atoms with Gasteiger partial charge in [-0.25, -0.2) is 4.79 Å². The fraction of sp³-hybridized carbons (Fsp3) is 0.455. The topological polar surface area (TPSA) is 105 Å². The van der Waals surface area contributed by atoms with Crippen LogP contribution in [0.15, 0.2) is 20.8 Å². The van der Waals surface area contributed by atoms with Crippen molar-refractivity contribution < 1.29 is 14.9 Å². The lowest BCUT2D eigenvalue weighted by molar-refractivity contribution is -0.0459. The van der Waals surface area contributed by atoms with E-state index in [-0.39, 0.29) is 18.6 Å². The predicted molar refractivity (Wildman–Crippen MR) is 70.9 cm³/mol. The highest BCUT2D eigenvalue weighted by molar-refractivity contribution is 9.11. The Morgan fingerprint density at radius 3 is 2.89 bits per heavy atom. The summed E-state index contributed by atoms with van der Waals surface area (Å²) in [6.45, 7) is -0.329. The summed E-state index contributed by atoms with van der Waals surface area (Å²) in [5.41, 5.74) is -0.844. The predicted octanol–water partition coefficient (Wildman–Crippen LogP) is -0.457. The highest BCUT2D eigenvalue weighted by Gasteiger charge is 2.35. The maximum absolute atomic E-state index is 11.7. The van der Waals surface area contributed by atoms with Gasteiger partial charge in [0.2, 0.25) is 0 Å². The molecule has 104 valence electrons. The first-order chi connectivity index (χ1) is 9.06. The summed E-state index contributed by atoms with van der Waals surface area (Å²) in [5, 5.41) is 18.7. The molecular formula is C11H13BrN2O5. The standard InChI is InChI=1S/C11H13BrN2O5/c12-2-1-6-4-14(11(18)13-10(6)17)9-3-7(16)8(5-15)19-9/h1-2,4,7-9,15-16H,3,5H2,(H,13,17,18)/b2-1+/t7-,8+,9+/m0/s1. The second-order valence-electron chi connectivity index (χ2n) is 4.16. The molecule has 1 aromatic heterocycles. The highest BCUT2D eigenvalue weighted by Crippen LogP contribution is 2.27. The average Bonchev–Trinajstić information content (AvgIpc) is 2.74. The third-order valence-electron chi connectivity index (χ3n) is 2.93. The second-order valence-corrected chi connectivity index (χ2v) is 4.69. The number of ether oxygens (including phenoxy) is 1. The number of nitrogens with one attached hydrogen (secondary N) is 1. The van der Waals surface area contributed by atoms with Crippen LogP contribution in [0.1, 0.15) is 18.2 Å². The molecular weight excluding hydrogens is 320 g/mol. The summed E-state index contributed by atoms with van der Waals surface area (Å²) in [6, 6.07) is 0. The SMILES string of the molecule is O=c1[nH]c(=O)n([C@H]2C[C@H](O)[C@@H](CO)O2)cc1/C=C/Br. The van der Waals surface area contributed by atoms with Gasteiger partial charge in [-0.05, 0) is 11.1 Å². The quantitative estimate of drug-likeness (QED) is 0.695. The number of aliphatic hydroxyl groups is 2. The van der Waals surface area contributed by atoms with Gasteiger partial charge in [0, 0.05) is 12.6 Å². The molecule has 2 rings (SSSR count). The van der Waals surface area contributed by atoms with Crippen molar-refractivity contribution in [2.24, 2.45) is 0 Å². The molecule has 1 aliphatic heterocycles. The maximum Gasteiger partial charge on any atom is 0.330 e. The minimum absolute atomic E-state index is 0.175. The molecule has 3 N–H and O–H groups in total. The lowest BCUT2D eigenvalue weighted by Crippen LogP contribution is -2.33. The molecule has 0 radical (unpaired) electrons. The minimum atomic E-state index is -0.844. The zero-order valence-corrected chi connectivity index (χ0v) is 11.4. The summed E-state index contributed by atoms with van der Waals surface area (Å²) in [4.78, 5) is 26.9. The third kappa shape index (κ3) is 2.86. The van der Waals surface area contributed by atoms with Crippen LogP contribution < -0.4 is 11.2 Å². The van der Waals surface area contributed by atoms with Crippen molar-refractivity contribution in [3.05, 3.63) is 37.6 Å². The lowest BCUT2D eigenvalue weighted by Gasteiger charge is -2.14. The first-order valence-electron chi connectivity index (χ1n) is 5.63. The zero-order chi connectivity index (χ0) is 14.0. The minimum Gasteiger partial charge on any atom is -0.394 e. The van der Waals surface area contributed by atoms with Gasteiger partial charge in [-0.2, -0.15) is 0 Å². The summed E-state index contributed by atoms with van der Waals surface area (Å²) >= 11 is 3.05. The van der Waals surface area contributed by atoms with Gasteiger partial charge in [0.05, 0.1) is 18.3 Å². The number of aromatic amines is 1. The van der Waals surface area contributed by atoms with E-state index in [1.54, 1.807) is 0 Å². The second kappa shape index (κ2) is 5.83. The molecule has 3 atom stereocenters. The van der Waals surface area contributed by atoms with E-state index in [4.69, 9.17) is 9.84 Å². The van der Waals surface area contributed by atoms with Crippen LogP contribution in [0.5, 0.6) is 0 Å². The van der Waals surface area contributed by atoms with E-state index in [9.17, 15) is 14.7 Å². The number of halogens is 1. The Kier molecular flexibility index (Phi) is 4.35. The molecule has 0 unspecified atom stereocenters. The van der Waals surface area contributed by atoms with Crippen LogP contribution in [-0.2, 0) is 4.74 Å². The largest absolute Gasteiger partial charge is 0.394 e. The van der Waals surface area contributed by atoms with Gasteiger partial charge in [-0.15, -0.1) is 0 Å². The molecule has 0 amide bonds. The molecule has 0 spiro atoms. The van der Waals surface area contributed by atoms with Gasteiger partial charge < -0.3 is 14.9 Å². The van der Waals surface area contributed by atoms with Gasteiger partial charge >= 0.3 is 5.69 Å². The molecule has 0 saturated carbocycles. The molecule has 1 aliphatic rings. The summed E-state index contributed by atoms with van der Waals surface area (Å²) < 4.78 is 6.56. The van der Waals surface area contributed by atoms with E-state index in [2.05, 4.69) is 20.9 Å². The van der Waals surface area contributed by atoms with Crippen LogP contribution in [-0.4, -0.2) is 38.6 Å². The van der Waals surface area contributed by atoms with Crippen molar-refractivity contribution in [3.63, 3.8) is 0 Å². The van der Waals surface area contributed by atoms with Crippen LogP contribution in [0.2, 0.25) is 0 Å². The number of hydrogen-bond donors (Lipinski definition) is 3. The molecule has 8 heteroatoms. The molecule has 1 aromatic rings. The van der Waals surface area contributed by atoms with Crippen molar-refractivity contribution in [2.75, 3.05) is 6.61 Å². The van der Waals surface area contributed by atoms with Crippen molar-refractivity contribution >= 4 is 22.0 Å². The molecule has 0 aliphatic carbocycles. The van der Waals surface area contributed by atoms with Crippen molar-refractivity contribution in [3.8, 4) is 0 Å². The average molecular weight is 333 g/mol. The van der Waals surface area contributed by atoms with Crippen LogP contribution in [0.25, 0.3) is 6.08 Å². The van der Waals surface area contributed by atoms with Gasteiger partial charge in [-0.1, -0.05) is 15.9 Å². The molecule has 7 nitrogen and oxygen atoms in total. The molecule has 1 fully saturated rings. The summed E-state index contributed by atoms with van der Waals surface area (Å²) in [6.07, 6.45) is 0.746. The monoisotopic (exact) mass is 332 g/mol. The first kappa shape index (κ1) is 14.2. The Bertz CT molecular complexity index is 593. The smallest absolute Gasteiger partial charge is 0.330 e. The fourth-order valence-electron chi connectivity index (χ4n) is 1.95. The van der Waals surface area contributed by atoms with Crippen molar-refractivity contribution in [1.29, 1.82) is 0 Å². The molecule has 0 aromatic carbocycles. The number of nitrogens with zero attached hydrogens (tertiary/aromatic N) is 1. The fourth-order valence-corrected chi connectivity index (χ4v) is 2.24. The van der Waals surface area contributed by atoms with E-state index in [1.165, 1.54) is 21.8 Å². The third-order valence-corrected chi connectivity index (χ3v) is 3.20. The van der Waals surface area contributed by atoms with Gasteiger partial charge in [0.25, 0.3) is 5.56 Å². The van der Waals surface area contributed by atoms with Crippen LogP contribution in [0.4, 0.5) is 0 Å². The molecule has 0 bridgehead atoms. The summed E-state index contributed by atoms with van der Waals surface area (Å²) in [5.74, 6) is 0. The Balaban J connectivity index is 2.38. The van der Waals surface area contributed by atoms with Crippen molar-refractivity contribution in [1.82, 2.24) is 9.55 Å². The molecule has 19 heavy (non-hydrogen) atoms. The Hall–Kier alpha value is -1.22. The van der Waals surface area contributed by atoms with Crippen LogP contribution in [0, 0.1) is 0 Å². The Morgan fingerprint density at radius 1 is 1.58 bits per heavy atom. The van der Waals surface area contributed by atoms with E-state index in [0.717, 1.165) is 0 Å². The maximum atomic E-state index is 11.7. The Labute approximate surface area is 116 Å².